The molecule has 2 rings (SSSR count). The molecule has 0 saturated heterocycles. The van der Waals surface area contributed by atoms with Crippen LogP contribution in [0.5, 0.6) is 17.2 Å². The number of hydrogen-bond acceptors (Lipinski definition) is 5. The Morgan fingerprint density at radius 3 is 2.82 bits per heavy atom. The predicted octanol–water partition coefficient (Wildman–Crippen LogP) is 2.01. The van der Waals surface area contributed by atoms with Crippen molar-refractivity contribution in [2.45, 2.75) is 13.0 Å². The molecule has 1 aliphatic rings. The van der Waals surface area contributed by atoms with Crippen LogP contribution in [0.15, 0.2) is 12.1 Å². The number of rotatable bonds is 6. The van der Waals surface area contributed by atoms with Crippen molar-refractivity contribution in [1.29, 1.82) is 0 Å². The first-order valence-electron chi connectivity index (χ1n) is 5.59. The molecule has 1 aliphatic heterocycles. The third-order valence-electron chi connectivity index (χ3n) is 2.53. The van der Waals surface area contributed by atoms with Gasteiger partial charge in [-0.05, 0) is 24.5 Å². The van der Waals surface area contributed by atoms with Gasteiger partial charge in [-0.2, -0.15) is 11.8 Å². The number of benzene rings is 1. The lowest BCUT2D eigenvalue weighted by Gasteiger charge is -2.11. The molecule has 1 aromatic rings. The minimum absolute atomic E-state index is 0.273. The van der Waals surface area contributed by atoms with Crippen LogP contribution in [0.4, 0.5) is 0 Å². The van der Waals surface area contributed by atoms with Crippen LogP contribution in [-0.4, -0.2) is 25.4 Å². The second-order valence-corrected chi connectivity index (χ2v) is 4.70. The van der Waals surface area contributed by atoms with Crippen molar-refractivity contribution >= 4 is 11.8 Å². The number of fused-ring (bicyclic) bond motifs is 1. The monoisotopic (exact) mass is 255 g/mol. The lowest BCUT2D eigenvalue weighted by Crippen LogP contribution is -2.04. The molecule has 0 atom stereocenters. The lowest BCUT2D eigenvalue weighted by atomic mass is 10.2. The highest BCUT2D eigenvalue weighted by molar-refractivity contribution is 7.98. The van der Waals surface area contributed by atoms with Gasteiger partial charge in [-0.25, -0.2) is 0 Å². The molecule has 2 N–H and O–H groups in total. The van der Waals surface area contributed by atoms with Crippen LogP contribution >= 0.6 is 11.8 Å². The van der Waals surface area contributed by atoms with Gasteiger partial charge in [0, 0.05) is 18.2 Å². The van der Waals surface area contributed by atoms with Crippen molar-refractivity contribution in [2.24, 2.45) is 5.73 Å². The minimum Gasteiger partial charge on any atom is -0.493 e. The Labute approximate surface area is 105 Å². The molecule has 17 heavy (non-hydrogen) atoms. The number of ether oxygens (including phenoxy) is 3. The topological polar surface area (TPSA) is 53.7 Å². The largest absolute Gasteiger partial charge is 0.493 e. The zero-order chi connectivity index (χ0) is 12.1. The Hall–Kier alpha value is -1.07. The molecule has 0 bridgehead atoms. The summed E-state index contributed by atoms with van der Waals surface area (Å²) in [6, 6.07) is 3.76. The third-order valence-corrected chi connectivity index (χ3v) is 3.22. The molecule has 5 heteroatoms. The van der Waals surface area contributed by atoms with Crippen molar-refractivity contribution in [1.82, 2.24) is 0 Å². The number of hydrogen-bond donors (Lipinski definition) is 1. The molecule has 0 fully saturated rings. The van der Waals surface area contributed by atoms with Crippen molar-refractivity contribution in [3.63, 3.8) is 0 Å². The van der Waals surface area contributed by atoms with Crippen LogP contribution < -0.4 is 19.9 Å². The Morgan fingerprint density at radius 1 is 1.35 bits per heavy atom. The normalized spacial score (nSPS) is 12.8. The first-order chi connectivity index (χ1) is 8.35. The molecule has 94 valence electrons. The SMILES string of the molecule is CSCCCOc1cc2c(cc1CN)OCO2. The quantitative estimate of drug-likeness (QED) is 0.788. The molecule has 4 nitrogen and oxygen atoms in total. The minimum atomic E-state index is 0.273. The van der Waals surface area contributed by atoms with E-state index in [4.69, 9.17) is 19.9 Å². The highest BCUT2D eigenvalue weighted by atomic mass is 32.2. The summed E-state index contributed by atoms with van der Waals surface area (Å²) < 4.78 is 16.3. The van der Waals surface area contributed by atoms with Crippen molar-refractivity contribution in [3.8, 4) is 17.2 Å². The van der Waals surface area contributed by atoms with E-state index in [9.17, 15) is 0 Å². The van der Waals surface area contributed by atoms with E-state index in [1.165, 1.54) is 0 Å². The first kappa shape index (κ1) is 12.4. The maximum Gasteiger partial charge on any atom is 0.231 e. The van der Waals surface area contributed by atoms with Crippen LogP contribution in [0.1, 0.15) is 12.0 Å². The van der Waals surface area contributed by atoms with Gasteiger partial charge < -0.3 is 19.9 Å². The summed E-state index contributed by atoms with van der Waals surface area (Å²) in [6.07, 6.45) is 3.12. The smallest absolute Gasteiger partial charge is 0.231 e. The molecule has 0 amide bonds. The fourth-order valence-electron chi connectivity index (χ4n) is 1.64. The van der Waals surface area contributed by atoms with E-state index in [1.807, 2.05) is 23.9 Å². The standard InChI is InChI=1S/C12H17NO3S/c1-17-4-2-3-14-10-6-12-11(15-8-16-12)5-9(10)7-13/h5-6H,2-4,7-8,13H2,1H3. The van der Waals surface area contributed by atoms with E-state index in [0.717, 1.165) is 35.0 Å². The van der Waals surface area contributed by atoms with E-state index in [-0.39, 0.29) is 6.79 Å². The van der Waals surface area contributed by atoms with Crippen LogP contribution in [-0.2, 0) is 6.54 Å². The average molecular weight is 255 g/mol. The fraction of sp³-hybridized carbons (Fsp3) is 0.500. The molecular formula is C12H17NO3S. The third kappa shape index (κ3) is 2.98. The Balaban J connectivity index is 2.04. The maximum absolute atomic E-state index is 5.73. The van der Waals surface area contributed by atoms with E-state index < -0.39 is 0 Å². The number of nitrogens with two attached hydrogens (primary N) is 1. The van der Waals surface area contributed by atoms with E-state index in [0.29, 0.717) is 13.2 Å². The van der Waals surface area contributed by atoms with Crippen molar-refractivity contribution in [3.05, 3.63) is 17.7 Å². The molecule has 0 saturated carbocycles. The summed E-state index contributed by atoms with van der Waals surface area (Å²) >= 11 is 1.82. The summed E-state index contributed by atoms with van der Waals surface area (Å²) in [5.41, 5.74) is 6.65. The highest BCUT2D eigenvalue weighted by Gasteiger charge is 2.17. The van der Waals surface area contributed by atoms with Gasteiger partial charge in [0.15, 0.2) is 11.5 Å². The van der Waals surface area contributed by atoms with Gasteiger partial charge in [0.1, 0.15) is 5.75 Å². The zero-order valence-corrected chi connectivity index (χ0v) is 10.7. The average Bonchev–Trinajstić information content (AvgIpc) is 2.80. The first-order valence-corrected chi connectivity index (χ1v) is 6.99. The van der Waals surface area contributed by atoms with Gasteiger partial charge in [0.25, 0.3) is 0 Å². The van der Waals surface area contributed by atoms with Crippen LogP contribution in [0.2, 0.25) is 0 Å². The second kappa shape index (κ2) is 6.02. The molecule has 0 spiro atoms. The maximum atomic E-state index is 5.73. The molecule has 0 aromatic heterocycles. The van der Waals surface area contributed by atoms with Gasteiger partial charge in [-0.3, -0.25) is 0 Å². The highest BCUT2D eigenvalue weighted by Crippen LogP contribution is 2.38. The molecule has 1 heterocycles. The summed E-state index contributed by atoms with van der Waals surface area (Å²) in [5.74, 6) is 3.39. The fourth-order valence-corrected chi connectivity index (χ4v) is 2.05. The van der Waals surface area contributed by atoms with Crippen molar-refractivity contribution in [2.75, 3.05) is 25.4 Å². The van der Waals surface area contributed by atoms with Crippen molar-refractivity contribution < 1.29 is 14.2 Å². The van der Waals surface area contributed by atoms with Gasteiger partial charge in [0.2, 0.25) is 6.79 Å². The number of thioether (sulfide) groups is 1. The van der Waals surface area contributed by atoms with E-state index in [1.54, 1.807) is 0 Å². The van der Waals surface area contributed by atoms with Gasteiger partial charge in [-0.1, -0.05) is 0 Å². The van der Waals surface area contributed by atoms with Gasteiger partial charge >= 0.3 is 0 Å². The Bertz CT molecular complexity index is 384. The van der Waals surface area contributed by atoms with Crippen LogP contribution in [0.25, 0.3) is 0 Å². The lowest BCUT2D eigenvalue weighted by molar-refractivity contribution is 0.173. The summed E-state index contributed by atoms with van der Waals surface area (Å²) in [5, 5.41) is 0. The Kier molecular flexibility index (Phi) is 4.39. The second-order valence-electron chi connectivity index (χ2n) is 3.71. The predicted molar refractivity (Wildman–Crippen MR) is 69.0 cm³/mol. The molecule has 1 aromatic carbocycles. The molecule has 0 radical (unpaired) electrons. The van der Waals surface area contributed by atoms with Crippen LogP contribution in [0, 0.1) is 0 Å². The van der Waals surface area contributed by atoms with E-state index >= 15 is 0 Å². The molecular weight excluding hydrogens is 238 g/mol. The Morgan fingerprint density at radius 2 is 2.12 bits per heavy atom. The summed E-state index contributed by atoms with van der Waals surface area (Å²) in [7, 11) is 0. The van der Waals surface area contributed by atoms with Gasteiger partial charge in [-0.15, -0.1) is 0 Å². The zero-order valence-electron chi connectivity index (χ0n) is 9.90. The summed E-state index contributed by atoms with van der Waals surface area (Å²) in [6.45, 7) is 1.41. The summed E-state index contributed by atoms with van der Waals surface area (Å²) in [4.78, 5) is 0. The van der Waals surface area contributed by atoms with E-state index in [2.05, 4.69) is 6.26 Å². The van der Waals surface area contributed by atoms with Gasteiger partial charge in [0.05, 0.1) is 6.61 Å². The molecule has 0 aliphatic carbocycles. The molecule has 0 unspecified atom stereocenters. The van der Waals surface area contributed by atoms with Crippen LogP contribution in [0.3, 0.4) is 0 Å².